The van der Waals surface area contributed by atoms with Crippen molar-refractivity contribution in [2.24, 2.45) is 0 Å². The molecule has 172 valence electrons. The lowest BCUT2D eigenvalue weighted by Gasteiger charge is -2.35. The molecule has 3 unspecified atom stereocenters. The van der Waals surface area contributed by atoms with Gasteiger partial charge in [-0.05, 0) is 51.0 Å². The Morgan fingerprint density at radius 3 is 2.25 bits per heavy atom. The molecule has 1 fully saturated rings. The summed E-state index contributed by atoms with van der Waals surface area (Å²) in [5.41, 5.74) is 2.59. The highest BCUT2D eigenvalue weighted by atomic mass is 16.5. The van der Waals surface area contributed by atoms with Gasteiger partial charge in [0.25, 0.3) is 5.91 Å². The third kappa shape index (κ3) is 7.18. The molecule has 2 aromatic rings. The van der Waals surface area contributed by atoms with E-state index in [4.69, 9.17) is 9.47 Å². The molecule has 0 aromatic heterocycles. The van der Waals surface area contributed by atoms with Crippen molar-refractivity contribution in [1.82, 2.24) is 10.2 Å². The Kier molecular flexibility index (Phi) is 8.42. The molecule has 6 nitrogen and oxygen atoms in total. The Balaban J connectivity index is 1.64. The fraction of sp³-hybridized carbons (Fsp3) is 0.462. The first kappa shape index (κ1) is 24.0. The number of carbonyl (C=O) groups excluding carboxylic acids is 2. The lowest BCUT2D eigenvalue weighted by molar-refractivity contribution is -0.147. The van der Waals surface area contributed by atoms with Gasteiger partial charge in [-0.3, -0.25) is 14.5 Å². The van der Waals surface area contributed by atoms with Crippen LogP contribution in [0.5, 0.6) is 0 Å². The normalized spacial score (nSPS) is 20.0. The minimum atomic E-state index is -0.453. The van der Waals surface area contributed by atoms with E-state index in [9.17, 15) is 9.59 Å². The molecular weight excluding hydrogens is 404 g/mol. The number of carbonyl (C=O) groups is 2. The standard InChI is InChI=1S/C26H34N2O4/c1-18(2)31-25(29)14-24(22-8-6-5-7-9-22)27-26(30)23-12-10-21(11-13-23)17-28-15-19(3)32-20(4)16-28/h5-13,18-20,24H,14-17H2,1-4H3,(H,27,30). The molecule has 1 saturated heterocycles. The van der Waals surface area contributed by atoms with Gasteiger partial charge in [0, 0.05) is 25.2 Å². The summed E-state index contributed by atoms with van der Waals surface area (Å²) in [6, 6.07) is 16.7. The summed E-state index contributed by atoms with van der Waals surface area (Å²) >= 11 is 0. The quantitative estimate of drug-likeness (QED) is 0.629. The van der Waals surface area contributed by atoms with Crippen LogP contribution in [0.4, 0.5) is 0 Å². The molecule has 3 rings (SSSR count). The zero-order chi connectivity index (χ0) is 23.1. The molecule has 2 aromatic carbocycles. The SMILES string of the molecule is CC(C)OC(=O)CC(NC(=O)c1ccc(CN2CC(C)OC(C)C2)cc1)c1ccccc1. The van der Waals surface area contributed by atoms with Gasteiger partial charge >= 0.3 is 5.97 Å². The molecule has 1 aliphatic rings. The topological polar surface area (TPSA) is 67.9 Å². The Labute approximate surface area is 190 Å². The van der Waals surface area contributed by atoms with E-state index < -0.39 is 6.04 Å². The van der Waals surface area contributed by atoms with Gasteiger partial charge in [0.1, 0.15) is 0 Å². The average Bonchev–Trinajstić information content (AvgIpc) is 2.73. The van der Waals surface area contributed by atoms with E-state index in [1.807, 2.05) is 68.4 Å². The van der Waals surface area contributed by atoms with Crippen molar-refractivity contribution in [1.29, 1.82) is 0 Å². The molecule has 0 saturated carbocycles. The summed E-state index contributed by atoms with van der Waals surface area (Å²) in [5.74, 6) is -0.546. The second-order valence-electron chi connectivity index (χ2n) is 8.83. The fourth-order valence-corrected chi connectivity index (χ4v) is 4.09. The van der Waals surface area contributed by atoms with Crippen LogP contribution < -0.4 is 5.32 Å². The minimum absolute atomic E-state index is 0.0828. The van der Waals surface area contributed by atoms with Gasteiger partial charge in [0.15, 0.2) is 0 Å². The van der Waals surface area contributed by atoms with E-state index in [-0.39, 0.29) is 36.6 Å². The highest BCUT2D eigenvalue weighted by Crippen LogP contribution is 2.19. The van der Waals surface area contributed by atoms with E-state index >= 15 is 0 Å². The average molecular weight is 439 g/mol. The zero-order valence-electron chi connectivity index (χ0n) is 19.4. The van der Waals surface area contributed by atoms with Crippen LogP contribution in [0, 0.1) is 0 Å². The summed E-state index contributed by atoms with van der Waals surface area (Å²) in [5, 5.41) is 3.00. The number of rotatable bonds is 8. The van der Waals surface area contributed by atoms with Gasteiger partial charge in [-0.15, -0.1) is 0 Å². The molecule has 0 aliphatic carbocycles. The van der Waals surface area contributed by atoms with Crippen molar-refractivity contribution in [2.75, 3.05) is 13.1 Å². The smallest absolute Gasteiger partial charge is 0.308 e. The van der Waals surface area contributed by atoms with Crippen LogP contribution in [0.15, 0.2) is 54.6 Å². The van der Waals surface area contributed by atoms with Gasteiger partial charge in [-0.25, -0.2) is 0 Å². The Bertz CT molecular complexity index is 872. The molecule has 1 heterocycles. The maximum atomic E-state index is 12.9. The number of nitrogens with zero attached hydrogens (tertiary/aromatic N) is 1. The van der Waals surface area contributed by atoms with Crippen LogP contribution in [-0.4, -0.2) is 48.2 Å². The van der Waals surface area contributed by atoms with Crippen molar-refractivity contribution in [2.45, 2.75) is 65.0 Å². The number of hydrogen-bond donors (Lipinski definition) is 1. The van der Waals surface area contributed by atoms with E-state index in [2.05, 4.69) is 24.1 Å². The zero-order valence-corrected chi connectivity index (χ0v) is 19.4. The van der Waals surface area contributed by atoms with Crippen molar-refractivity contribution in [3.8, 4) is 0 Å². The van der Waals surface area contributed by atoms with Crippen molar-refractivity contribution in [3.05, 3.63) is 71.3 Å². The Morgan fingerprint density at radius 1 is 1.03 bits per heavy atom. The summed E-state index contributed by atoms with van der Waals surface area (Å²) in [4.78, 5) is 27.6. The van der Waals surface area contributed by atoms with Crippen LogP contribution in [0.2, 0.25) is 0 Å². The Morgan fingerprint density at radius 2 is 1.66 bits per heavy atom. The maximum absolute atomic E-state index is 12.9. The second kappa shape index (κ2) is 11.2. The molecule has 1 amide bonds. The first-order valence-corrected chi connectivity index (χ1v) is 11.3. The van der Waals surface area contributed by atoms with Crippen molar-refractivity contribution in [3.63, 3.8) is 0 Å². The highest BCUT2D eigenvalue weighted by molar-refractivity contribution is 5.94. The molecule has 0 spiro atoms. The number of hydrogen-bond acceptors (Lipinski definition) is 5. The van der Waals surface area contributed by atoms with Gasteiger partial charge in [-0.1, -0.05) is 42.5 Å². The molecule has 1 aliphatic heterocycles. The van der Waals surface area contributed by atoms with Crippen LogP contribution in [-0.2, 0) is 20.8 Å². The number of esters is 1. The summed E-state index contributed by atoms with van der Waals surface area (Å²) in [6.45, 7) is 10.4. The molecular formula is C26H34N2O4. The van der Waals surface area contributed by atoms with Crippen LogP contribution in [0.25, 0.3) is 0 Å². The van der Waals surface area contributed by atoms with Gasteiger partial charge in [-0.2, -0.15) is 0 Å². The number of nitrogens with one attached hydrogen (secondary N) is 1. The maximum Gasteiger partial charge on any atom is 0.308 e. The first-order chi connectivity index (χ1) is 15.3. The van der Waals surface area contributed by atoms with Crippen LogP contribution in [0.1, 0.15) is 61.6 Å². The highest BCUT2D eigenvalue weighted by Gasteiger charge is 2.23. The third-order valence-electron chi connectivity index (χ3n) is 5.36. The third-order valence-corrected chi connectivity index (χ3v) is 5.36. The number of benzene rings is 2. The number of amides is 1. The molecule has 32 heavy (non-hydrogen) atoms. The minimum Gasteiger partial charge on any atom is -0.463 e. The molecule has 6 heteroatoms. The summed E-state index contributed by atoms with van der Waals surface area (Å²) in [6.07, 6.45) is 0.334. The van der Waals surface area contributed by atoms with Crippen molar-refractivity contribution >= 4 is 11.9 Å². The van der Waals surface area contributed by atoms with Crippen LogP contribution >= 0.6 is 0 Å². The predicted molar refractivity (Wildman–Crippen MR) is 124 cm³/mol. The van der Waals surface area contributed by atoms with Crippen molar-refractivity contribution < 1.29 is 19.1 Å². The first-order valence-electron chi connectivity index (χ1n) is 11.3. The lowest BCUT2D eigenvalue weighted by atomic mass is 10.0. The molecule has 0 radical (unpaired) electrons. The van der Waals surface area contributed by atoms with E-state index in [1.54, 1.807) is 0 Å². The fourth-order valence-electron chi connectivity index (χ4n) is 4.09. The van der Waals surface area contributed by atoms with E-state index in [0.717, 1.165) is 30.8 Å². The lowest BCUT2D eigenvalue weighted by Crippen LogP contribution is -2.44. The summed E-state index contributed by atoms with van der Waals surface area (Å²) in [7, 11) is 0. The number of morpholine rings is 1. The predicted octanol–water partition coefficient (Wildman–Crippen LogP) is 4.11. The second-order valence-corrected chi connectivity index (χ2v) is 8.83. The number of ether oxygens (including phenoxy) is 2. The monoisotopic (exact) mass is 438 g/mol. The van der Waals surface area contributed by atoms with E-state index in [1.165, 1.54) is 0 Å². The van der Waals surface area contributed by atoms with Gasteiger partial charge in [0.05, 0.1) is 30.8 Å². The molecule has 0 bridgehead atoms. The molecule has 3 atom stereocenters. The molecule has 1 N–H and O–H groups in total. The van der Waals surface area contributed by atoms with E-state index in [0.29, 0.717) is 5.56 Å². The van der Waals surface area contributed by atoms with Crippen LogP contribution in [0.3, 0.4) is 0 Å². The largest absolute Gasteiger partial charge is 0.463 e. The Hall–Kier alpha value is -2.70. The van der Waals surface area contributed by atoms with Gasteiger partial charge < -0.3 is 14.8 Å². The van der Waals surface area contributed by atoms with Gasteiger partial charge in [0.2, 0.25) is 0 Å². The summed E-state index contributed by atoms with van der Waals surface area (Å²) < 4.78 is 11.1.